The summed E-state index contributed by atoms with van der Waals surface area (Å²) in [4.78, 5) is 0.183. The Balaban J connectivity index is 1.75. The van der Waals surface area contributed by atoms with E-state index in [2.05, 4.69) is 25.8 Å². The lowest BCUT2D eigenvalue weighted by molar-refractivity contribution is 0.340. The van der Waals surface area contributed by atoms with Gasteiger partial charge in [-0.25, -0.2) is 8.42 Å². The van der Waals surface area contributed by atoms with Gasteiger partial charge in [-0.2, -0.15) is 5.10 Å². The molecule has 1 heterocycles. The highest BCUT2D eigenvalue weighted by Crippen LogP contribution is 2.20. The predicted octanol–water partition coefficient (Wildman–Crippen LogP) is 3.89. The maximum absolute atomic E-state index is 12.6. The molecule has 0 amide bonds. The highest BCUT2D eigenvalue weighted by molar-refractivity contribution is 9.10. The average molecular weight is 436 g/mol. The van der Waals surface area contributed by atoms with Crippen LogP contribution in [0.5, 0.6) is 5.75 Å². The van der Waals surface area contributed by atoms with Crippen LogP contribution in [0.2, 0.25) is 0 Å². The second-order valence-electron chi connectivity index (χ2n) is 5.57. The van der Waals surface area contributed by atoms with Crippen LogP contribution in [0.25, 0.3) is 0 Å². The van der Waals surface area contributed by atoms with E-state index in [1.807, 2.05) is 25.3 Å². The largest absolute Gasteiger partial charge is 0.494 e. The van der Waals surface area contributed by atoms with Crippen molar-refractivity contribution in [3.8, 4) is 5.75 Å². The number of nitrogens with zero attached hydrogens (tertiary/aromatic N) is 2. The van der Waals surface area contributed by atoms with E-state index in [0.29, 0.717) is 24.6 Å². The molecule has 0 fully saturated rings. The summed E-state index contributed by atoms with van der Waals surface area (Å²) in [6.45, 7) is 2.95. The number of benzene rings is 2. The van der Waals surface area contributed by atoms with Gasteiger partial charge in [-0.05, 0) is 64.8 Å². The Morgan fingerprint density at radius 3 is 2.62 bits per heavy atom. The SMILES string of the molecule is CCOc1ccc(S(=O)(=O)Nc2cccc(Cn3cc(Br)cn3)c2)cc1. The summed E-state index contributed by atoms with van der Waals surface area (Å²) in [6.07, 6.45) is 3.56. The summed E-state index contributed by atoms with van der Waals surface area (Å²) in [7, 11) is -3.67. The molecule has 0 unspecified atom stereocenters. The van der Waals surface area contributed by atoms with Crippen LogP contribution in [0, 0.1) is 0 Å². The minimum Gasteiger partial charge on any atom is -0.494 e. The van der Waals surface area contributed by atoms with Crippen molar-refractivity contribution in [3.05, 3.63) is 71.0 Å². The Labute approximate surface area is 161 Å². The van der Waals surface area contributed by atoms with Crippen LogP contribution in [0.3, 0.4) is 0 Å². The predicted molar refractivity (Wildman–Crippen MR) is 104 cm³/mol. The minimum atomic E-state index is -3.67. The van der Waals surface area contributed by atoms with E-state index in [4.69, 9.17) is 4.74 Å². The van der Waals surface area contributed by atoms with Crippen LogP contribution in [-0.4, -0.2) is 24.8 Å². The van der Waals surface area contributed by atoms with Gasteiger partial charge in [-0.3, -0.25) is 9.40 Å². The summed E-state index contributed by atoms with van der Waals surface area (Å²) in [5.41, 5.74) is 1.44. The molecule has 0 spiro atoms. The van der Waals surface area contributed by atoms with E-state index >= 15 is 0 Å². The summed E-state index contributed by atoms with van der Waals surface area (Å²) in [6, 6.07) is 13.6. The normalized spacial score (nSPS) is 11.3. The summed E-state index contributed by atoms with van der Waals surface area (Å²) in [5.74, 6) is 0.638. The number of aromatic nitrogens is 2. The molecule has 0 radical (unpaired) electrons. The third-order valence-electron chi connectivity index (χ3n) is 3.57. The molecule has 6 nitrogen and oxygen atoms in total. The van der Waals surface area contributed by atoms with Gasteiger partial charge in [0.05, 0.1) is 28.7 Å². The topological polar surface area (TPSA) is 73.2 Å². The second kappa shape index (κ2) is 7.92. The van der Waals surface area contributed by atoms with E-state index in [0.717, 1.165) is 10.0 Å². The van der Waals surface area contributed by atoms with Crippen molar-refractivity contribution < 1.29 is 13.2 Å². The molecule has 3 aromatic rings. The van der Waals surface area contributed by atoms with Gasteiger partial charge < -0.3 is 4.74 Å². The molecule has 0 aliphatic heterocycles. The van der Waals surface area contributed by atoms with Crippen molar-refractivity contribution in [1.29, 1.82) is 0 Å². The Morgan fingerprint density at radius 2 is 1.96 bits per heavy atom. The van der Waals surface area contributed by atoms with Crippen molar-refractivity contribution in [2.24, 2.45) is 0 Å². The molecule has 3 rings (SSSR count). The Hall–Kier alpha value is -2.32. The van der Waals surface area contributed by atoms with E-state index in [1.54, 1.807) is 35.1 Å². The van der Waals surface area contributed by atoms with Gasteiger partial charge in [-0.15, -0.1) is 0 Å². The van der Waals surface area contributed by atoms with Gasteiger partial charge in [0.1, 0.15) is 5.75 Å². The van der Waals surface area contributed by atoms with Gasteiger partial charge >= 0.3 is 0 Å². The molecule has 0 atom stereocenters. The number of ether oxygens (including phenoxy) is 1. The zero-order valence-corrected chi connectivity index (χ0v) is 16.5. The third-order valence-corrected chi connectivity index (χ3v) is 5.38. The zero-order chi connectivity index (χ0) is 18.6. The molecule has 136 valence electrons. The van der Waals surface area contributed by atoms with Crippen LogP contribution < -0.4 is 9.46 Å². The number of sulfonamides is 1. The van der Waals surface area contributed by atoms with E-state index in [9.17, 15) is 8.42 Å². The highest BCUT2D eigenvalue weighted by atomic mass is 79.9. The monoisotopic (exact) mass is 435 g/mol. The van der Waals surface area contributed by atoms with Gasteiger partial charge in [0.15, 0.2) is 0 Å². The molecular weight excluding hydrogens is 418 g/mol. The first-order valence-corrected chi connectivity index (χ1v) is 10.3. The third kappa shape index (κ3) is 4.64. The maximum Gasteiger partial charge on any atom is 0.261 e. The lowest BCUT2D eigenvalue weighted by atomic mass is 10.2. The van der Waals surface area contributed by atoms with Crippen LogP contribution >= 0.6 is 15.9 Å². The summed E-state index contributed by atoms with van der Waals surface area (Å²) >= 11 is 3.36. The molecule has 2 aromatic carbocycles. The van der Waals surface area contributed by atoms with Gasteiger partial charge in [0.2, 0.25) is 0 Å². The molecule has 0 bridgehead atoms. The van der Waals surface area contributed by atoms with Crippen LogP contribution in [0.15, 0.2) is 70.3 Å². The van der Waals surface area contributed by atoms with E-state index < -0.39 is 10.0 Å². The standard InChI is InChI=1S/C18H18BrN3O3S/c1-2-25-17-6-8-18(9-7-17)26(23,24)21-16-5-3-4-14(10-16)12-22-13-15(19)11-20-22/h3-11,13,21H,2,12H2,1H3. The van der Waals surface area contributed by atoms with Crippen molar-refractivity contribution >= 4 is 31.6 Å². The fourth-order valence-corrected chi connectivity index (χ4v) is 3.82. The van der Waals surface area contributed by atoms with Gasteiger partial charge in [-0.1, -0.05) is 12.1 Å². The lowest BCUT2D eigenvalue weighted by Gasteiger charge is -2.10. The van der Waals surface area contributed by atoms with Crippen molar-refractivity contribution in [2.45, 2.75) is 18.4 Å². The van der Waals surface area contributed by atoms with Crippen LogP contribution in [0.1, 0.15) is 12.5 Å². The molecular formula is C18H18BrN3O3S. The Morgan fingerprint density at radius 1 is 1.19 bits per heavy atom. The van der Waals surface area contributed by atoms with Gasteiger partial charge in [0, 0.05) is 11.9 Å². The molecule has 8 heteroatoms. The quantitative estimate of drug-likeness (QED) is 0.610. The minimum absolute atomic E-state index is 0.183. The molecule has 1 aromatic heterocycles. The number of halogens is 1. The molecule has 26 heavy (non-hydrogen) atoms. The Bertz CT molecular complexity index is 985. The van der Waals surface area contributed by atoms with Crippen molar-refractivity contribution in [3.63, 3.8) is 0 Å². The molecule has 0 saturated heterocycles. The smallest absolute Gasteiger partial charge is 0.261 e. The number of hydrogen-bond donors (Lipinski definition) is 1. The first-order valence-electron chi connectivity index (χ1n) is 7.99. The van der Waals surface area contributed by atoms with Crippen molar-refractivity contribution in [2.75, 3.05) is 11.3 Å². The van der Waals surface area contributed by atoms with Gasteiger partial charge in [0.25, 0.3) is 10.0 Å². The first kappa shape index (κ1) is 18.5. The maximum atomic E-state index is 12.6. The molecule has 0 saturated carbocycles. The Kier molecular flexibility index (Phi) is 5.63. The zero-order valence-electron chi connectivity index (χ0n) is 14.1. The number of nitrogens with one attached hydrogen (secondary N) is 1. The summed E-state index contributed by atoms with van der Waals surface area (Å²) in [5, 5.41) is 4.21. The average Bonchev–Trinajstić information content (AvgIpc) is 3.00. The second-order valence-corrected chi connectivity index (χ2v) is 8.16. The number of anilines is 1. The lowest BCUT2D eigenvalue weighted by Crippen LogP contribution is -2.13. The van der Waals surface area contributed by atoms with E-state index in [-0.39, 0.29) is 4.90 Å². The first-order chi connectivity index (χ1) is 12.5. The molecule has 1 N–H and O–H groups in total. The van der Waals surface area contributed by atoms with E-state index in [1.165, 1.54) is 12.1 Å². The van der Waals surface area contributed by atoms with Crippen molar-refractivity contribution in [1.82, 2.24) is 9.78 Å². The van der Waals surface area contributed by atoms with Crippen LogP contribution in [-0.2, 0) is 16.6 Å². The summed E-state index contributed by atoms with van der Waals surface area (Å²) < 4.78 is 35.7. The fraction of sp³-hybridized carbons (Fsp3) is 0.167. The van der Waals surface area contributed by atoms with Crippen LogP contribution in [0.4, 0.5) is 5.69 Å². The number of rotatable bonds is 7. The molecule has 0 aliphatic carbocycles. The highest BCUT2D eigenvalue weighted by Gasteiger charge is 2.14. The fourth-order valence-electron chi connectivity index (χ4n) is 2.44. The molecule has 0 aliphatic rings. The number of hydrogen-bond acceptors (Lipinski definition) is 4.